The molecule has 3 rings (SSSR count). The molecule has 0 amide bonds. The molecule has 1 N–H and O–H groups in total. The maximum absolute atomic E-state index is 4.41. The van der Waals surface area contributed by atoms with E-state index in [-0.39, 0.29) is 0 Å². The van der Waals surface area contributed by atoms with E-state index in [4.69, 9.17) is 0 Å². The summed E-state index contributed by atoms with van der Waals surface area (Å²) in [4.78, 5) is 12.9. The van der Waals surface area contributed by atoms with Crippen molar-refractivity contribution in [1.29, 1.82) is 0 Å². The molecule has 0 fully saturated rings. The maximum Gasteiger partial charge on any atom is 0.208 e. The van der Waals surface area contributed by atoms with Crippen LogP contribution in [0.3, 0.4) is 0 Å². The Bertz CT molecular complexity index is 680. The highest BCUT2D eigenvalue weighted by Crippen LogP contribution is 2.22. The second-order valence-corrected chi connectivity index (χ2v) is 4.68. The molecule has 19 heavy (non-hydrogen) atoms. The van der Waals surface area contributed by atoms with Gasteiger partial charge in [-0.3, -0.25) is 4.98 Å². The predicted octanol–water partition coefficient (Wildman–Crippen LogP) is 3.05. The number of pyridine rings is 2. The molecule has 0 saturated carbocycles. The van der Waals surface area contributed by atoms with Gasteiger partial charge in [-0.1, -0.05) is 12.1 Å². The summed E-state index contributed by atoms with van der Waals surface area (Å²) >= 11 is 1.30. The van der Waals surface area contributed by atoms with Crippen molar-refractivity contribution in [1.82, 2.24) is 19.3 Å². The van der Waals surface area contributed by atoms with Crippen LogP contribution in [0.1, 0.15) is 5.56 Å². The van der Waals surface area contributed by atoms with Gasteiger partial charge in [-0.2, -0.15) is 9.36 Å². The molecule has 0 atom stereocenters. The fourth-order valence-corrected chi connectivity index (χ4v) is 2.17. The summed E-state index contributed by atoms with van der Waals surface area (Å²) in [5.41, 5.74) is 1.83. The van der Waals surface area contributed by atoms with Crippen LogP contribution < -0.4 is 5.32 Å². The Hall–Kier alpha value is -2.34. The highest BCUT2D eigenvalue weighted by atomic mass is 32.1. The monoisotopic (exact) mass is 269 g/mol. The van der Waals surface area contributed by atoms with Crippen LogP contribution in [0, 0.1) is 6.92 Å². The first-order valence-electron chi connectivity index (χ1n) is 5.77. The zero-order chi connectivity index (χ0) is 13.1. The van der Waals surface area contributed by atoms with E-state index < -0.39 is 0 Å². The number of nitrogens with one attached hydrogen (secondary N) is 1. The lowest BCUT2D eigenvalue weighted by molar-refractivity contribution is 1.21. The lowest BCUT2D eigenvalue weighted by Gasteiger charge is -2.03. The Balaban J connectivity index is 1.85. The van der Waals surface area contributed by atoms with E-state index in [1.165, 1.54) is 11.5 Å². The minimum absolute atomic E-state index is 0.627. The molecule has 0 aliphatic carbocycles. The van der Waals surface area contributed by atoms with E-state index in [1.54, 1.807) is 12.4 Å². The van der Waals surface area contributed by atoms with Crippen LogP contribution >= 0.6 is 11.5 Å². The van der Waals surface area contributed by atoms with Gasteiger partial charge < -0.3 is 5.32 Å². The molecule has 3 aromatic rings. The zero-order valence-electron chi connectivity index (χ0n) is 10.2. The molecule has 0 aromatic carbocycles. The number of hydrogen-bond donors (Lipinski definition) is 1. The molecule has 0 radical (unpaired) electrons. The smallest absolute Gasteiger partial charge is 0.208 e. The van der Waals surface area contributed by atoms with Crippen molar-refractivity contribution in [2.24, 2.45) is 0 Å². The van der Waals surface area contributed by atoms with Crippen molar-refractivity contribution in [3.63, 3.8) is 0 Å². The van der Waals surface area contributed by atoms with Crippen molar-refractivity contribution in [2.45, 2.75) is 6.92 Å². The number of aromatic nitrogens is 4. The van der Waals surface area contributed by atoms with Gasteiger partial charge in [0.25, 0.3) is 0 Å². The highest BCUT2D eigenvalue weighted by Gasteiger charge is 2.08. The summed E-state index contributed by atoms with van der Waals surface area (Å²) < 4.78 is 4.29. The Morgan fingerprint density at radius 2 is 1.95 bits per heavy atom. The van der Waals surface area contributed by atoms with Gasteiger partial charge in [0, 0.05) is 23.9 Å². The Kier molecular flexibility index (Phi) is 3.16. The normalized spacial score (nSPS) is 10.4. The maximum atomic E-state index is 4.41. The van der Waals surface area contributed by atoms with Gasteiger partial charge in [0.05, 0.1) is 0 Å². The predicted molar refractivity (Wildman–Crippen MR) is 75.4 cm³/mol. The minimum atomic E-state index is 0.627. The number of hydrogen-bond acceptors (Lipinski definition) is 6. The van der Waals surface area contributed by atoms with E-state index in [9.17, 15) is 0 Å². The van der Waals surface area contributed by atoms with Crippen molar-refractivity contribution in [2.75, 3.05) is 5.32 Å². The molecular weight excluding hydrogens is 258 g/mol. The molecule has 94 valence electrons. The molecule has 0 spiro atoms. The summed E-state index contributed by atoms with van der Waals surface area (Å²) in [6, 6.07) is 9.57. The van der Waals surface area contributed by atoms with Gasteiger partial charge in [0.1, 0.15) is 11.5 Å². The van der Waals surface area contributed by atoms with E-state index in [0.29, 0.717) is 11.0 Å². The number of aryl methyl sites for hydroxylation is 1. The number of nitrogens with zero attached hydrogens (tertiary/aromatic N) is 4. The van der Waals surface area contributed by atoms with E-state index >= 15 is 0 Å². The fraction of sp³-hybridized carbons (Fsp3) is 0.0769. The number of anilines is 2. The van der Waals surface area contributed by atoms with Gasteiger partial charge >= 0.3 is 0 Å². The summed E-state index contributed by atoms with van der Waals surface area (Å²) in [5, 5.41) is 3.88. The quantitative estimate of drug-likeness (QED) is 0.791. The van der Waals surface area contributed by atoms with E-state index in [1.807, 2.05) is 37.3 Å². The lowest BCUT2D eigenvalue weighted by Crippen LogP contribution is -1.95. The van der Waals surface area contributed by atoms with Crippen LogP contribution in [0.25, 0.3) is 11.5 Å². The fourth-order valence-electron chi connectivity index (χ4n) is 1.59. The average molecular weight is 269 g/mol. The molecule has 0 aliphatic heterocycles. The summed E-state index contributed by atoms with van der Waals surface area (Å²) in [7, 11) is 0. The van der Waals surface area contributed by atoms with E-state index in [0.717, 1.165) is 17.1 Å². The Morgan fingerprint density at radius 3 is 2.74 bits per heavy atom. The lowest BCUT2D eigenvalue weighted by atomic mass is 10.3. The minimum Gasteiger partial charge on any atom is -0.315 e. The van der Waals surface area contributed by atoms with Crippen LogP contribution in [-0.2, 0) is 0 Å². The Morgan fingerprint density at radius 1 is 1.05 bits per heavy atom. The SMILES string of the molecule is Cc1cccnc1Nc1nc(-c2ccccn2)ns1. The third-order valence-electron chi connectivity index (χ3n) is 2.55. The van der Waals surface area contributed by atoms with Crippen LogP contribution in [-0.4, -0.2) is 19.3 Å². The van der Waals surface area contributed by atoms with Crippen LogP contribution in [0.5, 0.6) is 0 Å². The van der Waals surface area contributed by atoms with Gasteiger partial charge in [-0.25, -0.2) is 4.98 Å². The van der Waals surface area contributed by atoms with Crippen molar-refractivity contribution >= 4 is 22.5 Å². The molecule has 0 aliphatic rings. The second kappa shape index (κ2) is 5.11. The molecule has 0 bridgehead atoms. The first kappa shape index (κ1) is 11.7. The van der Waals surface area contributed by atoms with Crippen molar-refractivity contribution in [3.8, 4) is 11.5 Å². The van der Waals surface area contributed by atoms with Crippen molar-refractivity contribution < 1.29 is 0 Å². The van der Waals surface area contributed by atoms with E-state index in [2.05, 4.69) is 24.6 Å². The first-order chi connectivity index (χ1) is 9.33. The molecule has 3 heterocycles. The largest absolute Gasteiger partial charge is 0.315 e. The second-order valence-electron chi connectivity index (χ2n) is 3.93. The molecule has 0 unspecified atom stereocenters. The topological polar surface area (TPSA) is 63.6 Å². The van der Waals surface area contributed by atoms with Gasteiger partial charge in [-0.15, -0.1) is 0 Å². The number of rotatable bonds is 3. The molecule has 6 heteroatoms. The van der Waals surface area contributed by atoms with Gasteiger partial charge in [0.2, 0.25) is 5.13 Å². The molecule has 3 aromatic heterocycles. The zero-order valence-corrected chi connectivity index (χ0v) is 11.1. The average Bonchev–Trinajstić information content (AvgIpc) is 2.91. The van der Waals surface area contributed by atoms with Crippen LogP contribution in [0.15, 0.2) is 42.7 Å². The third-order valence-corrected chi connectivity index (χ3v) is 3.19. The van der Waals surface area contributed by atoms with Crippen LogP contribution in [0.2, 0.25) is 0 Å². The third kappa shape index (κ3) is 2.58. The van der Waals surface area contributed by atoms with Crippen molar-refractivity contribution in [3.05, 3.63) is 48.3 Å². The summed E-state index contributed by atoms with van der Waals surface area (Å²) in [5.74, 6) is 1.42. The summed E-state index contributed by atoms with van der Waals surface area (Å²) in [6.07, 6.45) is 3.47. The Labute approximate surface area is 114 Å². The molecule has 5 nitrogen and oxygen atoms in total. The molecule has 0 saturated heterocycles. The highest BCUT2D eigenvalue weighted by molar-refractivity contribution is 7.09. The van der Waals surface area contributed by atoms with Gasteiger partial charge in [-0.05, 0) is 30.7 Å². The standard InChI is InChI=1S/C13H11N5S/c1-9-5-4-8-15-11(9)16-13-17-12(18-19-13)10-6-2-3-7-14-10/h2-8H,1H3,(H,15,16,17,18). The summed E-state index contributed by atoms with van der Waals surface area (Å²) in [6.45, 7) is 2.00. The first-order valence-corrected chi connectivity index (χ1v) is 6.54. The molecular formula is C13H11N5S. The van der Waals surface area contributed by atoms with Crippen LogP contribution in [0.4, 0.5) is 10.9 Å². The van der Waals surface area contributed by atoms with Gasteiger partial charge in [0.15, 0.2) is 5.82 Å².